The van der Waals surface area contributed by atoms with Gasteiger partial charge in [0.2, 0.25) is 0 Å². The van der Waals surface area contributed by atoms with Crippen molar-refractivity contribution in [1.29, 1.82) is 0 Å². The summed E-state index contributed by atoms with van der Waals surface area (Å²) in [7, 11) is 0. The Hall–Kier alpha value is -1.22. The minimum absolute atomic E-state index is 0.263. The molecule has 0 spiro atoms. The van der Waals surface area contributed by atoms with Crippen LogP contribution in [-0.4, -0.2) is 22.9 Å². The zero-order chi connectivity index (χ0) is 8.55. The molecular formula is C9H11NO2. The molecule has 2 rings (SSSR count). The topological polar surface area (TPSA) is 52.5 Å². The van der Waals surface area contributed by atoms with Gasteiger partial charge in [0.25, 0.3) is 0 Å². The quantitative estimate of drug-likeness (QED) is 0.531. The van der Waals surface area contributed by atoms with Crippen molar-refractivity contribution in [3.05, 3.63) is 23.8 Å². The number of nitrogens with one attached hydrogen (secondary N) is 1. The molecule has 1 atom stereocenters. The Balaban J connectivity index is 2.43. The molecule has 1 aromatic rings. The summed E-state index contributed by atoms with van der Waals surface area (Å²) in [5.74, 6) is 0.263. The van der Waals surface area contributed by atoms with Gasteiger partial charge in [0.1, 0.15) is 5.75 Å². The van der Waals surface area contributed by atoms with Gasteiger partial charge in [-0.25, -0.2) is 0 Å². The maximum absolute atomic E-state index is 9.42. The van der Waals surface area contributed by atoms with E-state index < -0.39 is 0 Å². The number of hydrogen-bond acceptors (Lipinski definition) is 3. The maximum atomic E-state index is 9.42. The predicted octanol–water partition coefficient (Wildman–Crippen LogP) is 0.721. The highest BCUT2D eigenvalue weighted by atomic mass is 16.3. The first-order valence-electron chi connectivity index (χ1n) is 4.00. The van der Waals surface area contributed by atoms with Crippen molar-refractivity contribution in [3.63, 3.8) is 0 Å². The van der Waals surface area contributed by atoms with Crippen LogP contribution in [0.4, 0.5) is 5.69 Å². The monoisotopic (exact) mass is 165 g/mol. The highest BCUT2D eigenvalue weighted by molar-refractivity contribution is 5.59. The molecule has 12 heavy (non-hydrogen) atoms. The Morgan fingerprint density at radius 2 is 2.25 bits per heavy atom. The normalized spacial score (nSPS) is 21.2. The Morgan fingerprint density at radius 1 is 1.42 bits per heavy atom. The van der Waals surface area contributed by atoms with Crippen LogP contribution in [0.25, 0.3) is 0 Å². The number of hydrogen-bond donors (Lipinski definition) is 3. The van der Waals surface area contributed by atoms with Crippen LogP contribution in [0.3, 0.4) is 0 Å². The van der Waals surface area contributed by atoms with Gasteiger partial charge in [-0.1, -0.05) is 6.07 Å². The second-order valence-electron chi connectivity index (χ2n) is 3.04. The lowest BCUT2D eigenvalue weighted by atomic mass is 10.0. The number of rotatable bonds is 0. The molecule has 0 aromatic heterocycles. The van der Waals surface area contributed by atoms with Gasteiger partial charge in [-0.3, -0.25) is 0 Å². The van der Waals surface area contributed by atoms with E-state index in [1.165, 1.54) is 0 Å². The van der Waals surface area contributed by atoms with Crippen molar-refractivity contribution in [2.24, 2.45) is 0 Å². The van der Waals surface area contributed by atoms with Crippen LogP contribution >= 0.6 is 0 Å². The molecule has 1 aliphatic heterocycles. The largest absolute Gasteiger partial charge is 0.508 e. The fourth-order valence-corrected chi connectivity index (χ4v) is 1.49. The number of benzene rings is 1. The number of phenols is 1. The van der Waals surface area contributed by atoms with Crippen molar-refractivity contribution >= 4 is 5.69 Å². The van der Waals surface area contributed by atoms with Crippen molar-refractivity contribution in [2.45, 2.75) is 12.5 Å². The fourth-order valence-electron chi connectivity index (χ4n) is 1.49. The van der Waals surface area contributed by atoms with Gasteiger partial charge >= 0.3 is 0 Å². The zero-order valence-electron chi connectivity index (χ0n) is 6.62. The van der Waals surface area contributed by atoms with Gasteiger partial charge in [-0.2, -0.15) is 0 Å². The third-order valence-electron chi connectivity index (χ3n) is 2.12. The summed E-state index contributed by atoms with van der Waals surface area (Å²) in [5.41, 5.74) is 1.75. The lowest BCUT2D eigenvalue weighted by molar-refractivity contribution is 0.183. The third kappa shape index (κ3) is 1.12. The van der Waals surface area contributed by atoms with E-state index >= 15 is 0 Å². The number of fused-ring (bicyclic) bond motifs is 1. The van der Waals surface area contributed by atoms with Crippen LogP contribution in [0.15, 0.2) is 18.2 Å². The third-order valence-corrected chi connectivity index (χ3v) is 2.12. The summed E-state index contributed by atoms with van der Waals surface area (Å²) < 4.78 is 0. The zero-order valence-corrected chi connectivity index (χ0v) is 6.62. The molecule has 3 nitrogen and oxygen atoms in total. The van der Waals surface area contributed by atoms with Crippen LogP contribution < -0.4 is 5.32 Å². The van der Waals surface area contributed by atoms with Gasteiger partial charge in [0, 0.05) is 24.2 Å². The smallest absolute Gasteiger partial charge is 0.120 e. The van der Waals surface area contributed by atoms with E-state index in [0.717, 1.165) is 11.3 Å². The molecule has 0 saturated carbocycles. The Morgan fingerprint density at radius 3 is 3.08 bits per heavy atom. The summed E-state index contributed by atoms with van der Waals surface area (Å²) >= 11 is 0. The molecule has 1 aromatic carbocycles. The van der Waals surface area contributed by atoms with E-state index in [0.29, 0.717) is 13.0 Å². The average molecular weight is 165 g/mol. The number of phenolic OH excluding ortho intramolecular Hbond substituents is 1. The molecule has 1 unspecified atom stereocenters. The highest BCUT2D eigenvalue weighted by Crippen LogP contribution is 2.29. The summed E-state index contributed by atoms with van der Waals surface area (Å²) in [6, 6.07) is 5.33. The Bertz CT molecular complexity index is 299. The maximum Gasteiger partial charge on any atom is 0.120 e. The SMILES string of the molecule is Oc1cccc2c1CC(O)CN2. The van der Waals surface area contributed by atoms with E-state index in [2.05, 4.69) is 5.32 Å². The van der Waals surface area contributed by atoms with Gasteiger partial charge < -0.3 is 15.5 Å². The van der Waals surface area contributed by atoms with E-state index in [-0.39, 0.29) is 11.9 Å². The number of aliphatic hydroxyl groups is 1. The lowest BCUT2D eigenvalue weighted by Crippen LogP contribution is -2.27. The Labute approximate surface area is 70.7 Å². The first kappa shape index (κ1) is 7.43. The first-order chi connectivity index (χ1) is 5.77. The average Bonchev–Trinajstić information content (AvgIpc) is 2.07. The second kappa shape index (κ2) is 2.68. The summed E-state index contributed by atoms with van der Waals surface area (Å²) in [5, 5.41) is 21.8. The molecule has 64 valence electrons. The fraction of sp³-hybridized carbons (Fsp3) is 0.333. The van der Waals surface area contributed by atoms with Gasteiger partial charge in [0.15, 0.2) is 0 Å². The number of aromatic hydroxyl groups is 1. The number of anilines is 1. The molecule has 0 aliphatic carbocycles. The molecular weight excluding hydrogens is 154 g/mol. The Kier molecular flexibility index (Phi) is 1.66. The van der Waals surface area contributed by atoms with E-state index in [4.69, 9.17) is 0 Å². The summed E-state index contributed by atoms with van der Waals surface area (Å²) in [6.07, 6.45) is 0.153. The summed E-state index contributed by atoms with van der Waals surface area (Å²) in [4.78, 5) is 0. The molecule has 0 fully saturated rings. The minimum Gasteiger partial charge on any atom is -0.508 e. The van der Waals surface area contributed by atoms with Crippen LogP contribution in [0, 0.1) is 0 Å². The molecule has 0 bridgehead atoms. The minimum atomic E-state index is -0.384. The predicted molar refractivity (Wildman–Crippen MR) is 46.3 cm³/mol. The summed E-state index contributed by atoms with van der Waals surface area (Å²) in [6.45, 7) is 0.566. The molecule has 0 radical (unpaired) electrons. The standard InChI is InChI=1S/C9H11NO2/c11-6-4-7-8(10-5-6)2-1-3-9(7)12/h1-3,6,10-12H,4-5H2. The van der Waals surface area contributed by atoms with Crippen molar-refractivity contribution < 1.29 is 10.2 Å². The van der Waals surface area contributed by atoms with Crippen LogP contribution in [0.5, 0.6) is 5.75 Å². The van der Waals surface area contributed by atoms with Gasteiger partial charge in [-0.15, -0.1) is 0 Å². The molecule has 1 aliphatic rings. The highest BCUT2D eigenvalue weighted by Gasteiger charge is 2.17. The molecule has 3 heteroatoms. The number of aliphatic hydroxyl groups excluding tert-OH is 1. The molecule has 1 heterocycles. The molecule has 0 saturated heterocycles. The van der Waals surface area contributed by atoms with E-state index in [1.807, 2.05) is 6.07 Å². The first-order valence-corrected chi connectivity index (χ1v) is 4.00. The molecule has 3 N–H and O–H groups in total. The van der Waals surface area contributed by atoms with Crippen LogP contribution in [-0.2, 0) is 6.42 Å². The van der Waals surface area contributed by atoms with Crippen molar-refractivity contribution in [3.8, 4) is 5.75 Å². The van der Waals surface area contributed by atoms with Gasteiger partial charge in [-0.05, 0) is 12.1 Å². The second-order valence-corrected chi connectivity index (χ2v) is 3.04. The van der Waals surface area contributed by atoms with E-state index in [9.17, 15) is 10.2 Å². The number of β-amino-alcohol motifs (C(OH)–C–C–N with tert-alkyl or cyclic N) is 1. The van der Waals surface area contributed by atoms with Crippen LogP contribution in [0.1, 0.15) is 5.56 Å². The van der Waals surface area contributed by atoms with Gasteiger partial charge in [0.05, 0.1) is 6.10 Å². The van der Waals surface area contributed by atoms with Crippen molar-refractivity contribution in [1.82, 2.24) is 0 Å². The lowest BCUT2D eigenvalue weighted by Gasteiger charge is -2.22. The van der Waals surface area contributed by atoms with Crippen LogP contribution in [0.2, 0.25) is 0 Å². The molecule has 0 amide bonds. The van der Waals surface area contributed by atoms with Crippen molar-refractivity contribution in [2.75, 3.05) is 11.9 Å². The van der Waals surface area contributed by atoms with E-state index in [1.54, 1.807) is 12.1 Å².